The van der Waals surface area contributed by atoms with Gasteiger partial charge in [0.15, 0.2) is 0 Å². The molecule has 0 atom stereocenters. The van der Waals surface area contributed by atoms with E-state index in [0.29, 0.717) is 31.7 Å². The van der Waals surface area contributed by atoms with E-state index in [9.17, 15) is 14.0 Å². The third-order valence-corrected chi connectivity index (χ3v) is 5.35. The summed E-state index contributed by atoms with van der Waals surface area (Å²) in [6.45, 7) is 1.67. The summed E-state index contributed by atoms with van der Waals surface area (Å²) in [6.07, 6.45) is 3.89. The minimum atomic E-state index is -0.482. The average molecular weight is 412 g/mol. The lowest BCUT2D eigenvalue weighted by Crippen LogP contribution is -2.50. The van der Waals surface area contributed by atoms with Crippen LogP contribution in [0.2, 0.25) is 5.02 Å². The highest BCUT2D eigenvalue weighted by atomic mass is 35.5. The molecule has 0 saturated carbocycles. The van der Waals surface area contributed by atoms with Crippen LogP contribution < -0.4 is 0 Å². The van der Waals surface area contributed by atoms with Crippen LogP contribution in [0.15, 0.2) is 67.0 Å². The Balaban J connectivity index is 1.39. The minimum absolute atomic E-state index is 0.0593. The van der Waals surface area contributed by atoms with Gasteiger partial charge >= 0.3 is 0 Å². The first-order valence-electron chi connectivity index (χ1n) is 9.30. The van der Waals surface area contributed by atoms with E-state index in [-0.39, 0.29) is 22.4 Å². The van der Waals surface area contributed by atoms with Gasteiger partial charge in [-0.2, -0.15) is 0 Å². The fraction of sp³-hybridized carbons (Fsp3) is 0.182. The van der Waals surface area contributed by atoms with Crippen molar-refractivity contribution in [1.29, 1.82) is 0 Å². The second-order valence-electron chi connectivity index (χ2n) is 6.85. The van der Waals surface area contributed by atoms with Crippen LogP contribution in [0.25, 0.3) is 5.69 Å². The van der Waals surface area contributed by atoms with Crippen LogP contribution in [0.5, 0.6) is 0 Å². The molecule has 2 amide bonds. The van der Waals surface area contributed by atoms with Gasteiger partial charge in [-0.05, 0) is 54.6 Å². The van der Waals surface area contributed by atoms with Gasteiger partial charge in [-0.1, -0.05) is 11.6 Å². The SMILES string of the molecule is O=C(c1ccc(-n2cccc2)cc1)N1CCN(C(=O)c2ccc(F)cc2Cl)CC1. The Hall–Kier alpha value is -3.12. The van der Waals surface area contributed by atoms with Crippen LogP contribution in [-0.2, 0) is 0 Å². The smallest absolute Gasteiger partial charge is 0.255 e. The number of piperazine rings is 1. The average Bonchev–Trinajstić information content (AvgIpc) is 3.28. The Morgan fingerprint density at radius 3 is 2.00 bits per heavy atom. The molecule has 1 aliphatic rings. The topological polar surface area (TPSA) is 45.6 Å². The maximum Gasteiger partial charge on any atom is 0.255 e. The molecular weight excluding hydrogens is 393 g/mol. The fourth-order valence-corrected chi connectivity index (χ4v) is 3.66. The highest BCUT2D eigenvalue weighted by Crippen LogP contribution is 2.20. The molecule has 3 aromatic rings. The summed E-state index contributed by atoms with van der Waals surface area (Å²) in [5.74, 6) is -0.793. The highest BCUT2D eigenvalue weighted by Gasteiger charge is 2.26. The Kier molecular flexibility index (Phi) is 5.36. The van der Waals surface area contributed by atoms with E-state index in [1.54, 1.807) is 9.80 Å². The van der Waals surface area contributed by atoms with Gasteiger partial charge in [0.05, 0.1) is 10.6 Å². The molecule has 1 aliphatic heterocycles. The largest absolute Gasteiger partial charge is 0.335 e. The van der Waals surface area contributed by atoms with Crippen molar-refractivity contribution in [1.82, 2.24) is 14.4 Å². The number of hydrogen-bond acceptors (Lipinski definition) is 2. The molecule has 148 valence electrons. The van der Waals surface area contributed by atoms with E-state index in [1.807, 2.05) is 53.4 Å². The summed E-state index contributed by atoms with van der Waals surface area (Å²) >= 11 is 6.00. The number of carbonyl (C=O) groups excluding carboxylic acids is 2. The van der Waals surface area contributed by atoms with Crippen molar-refractivity contribution in [3.63, 3.8) is 0 Å². The van der Waals surface area contributed by atoms with Crippen LogP contribution >= 0.6 is 11.6 Å². The molecule has 5 nitrogen and oxygen atoms in total. The minimum Gasteiger partial charge on any atom is -0.335 e. The number of rotatable bonds is 3. The van der Waals surface area contributed by atoms with Gasteiger partial charge in [0.2, 0.25) is 0 Å². The maximum atomic E-state index is 13.2. The number of halogens is 2. The van der Waals surface area contributed by atoms with Crippen molar-refractivity contribution in [3.8, 4) is 5.69 Å². The summed E-state index contributed by atoms with van der Waals surface area (Å²) in [5, 5.41) is 0.0938. The van der Waals surface area contributed by atoms with Crippen molar-refractivity contribution < 1.29 is 14.0 Å². The van der Waals surface area contributed by atoms with Gasteiger partial charge in [-0.3, -0.25) is 9.59 Å². The number of aromatic nitrogens is 1. The molecule has 2 heterocycles. The van der Waals surface area contributed by atoms with Crippen molar-refractivity contribution in [3.05, 3.63) is 89.0 Å². The molecule has 0 bridgehead atoms. The van der Waals surface area contributed by atoms with Crippen LogP contribution in [0.1, 0.15) is 20.7 Å². The number of amides is 2. The van der Waals surface area contributed by atoms with Crippen LogP contribution in [0.3, 0.4) is 0 Å². The molecule has 0 unspecified atom stereocenters. The lowest BCUT2D eigenvalue weighted by atomic mass is 10.1. The van der Waals surface area contributed by atoms with Crippen LogP contribution in [0.4, 0.5) is 4.39 Å². The Bertz CT molecular complexity index is 1030. The Morgan fingerprint density at radius 1 is 0.828 bits per heavy atom. The molecule has 0 radical (unpaired) electrons. The molecule has 0 N–H and O–H groups in total. The molecular formula is C22H19ClFN3O2. The molecule has 0 aliphatic carbocycles. The number of benzene rings is 2. The molecule has 1 saturated heterocycles. The van der Waals surface area contributed by atoms with Crippen molar-refractivity contribution in [2.45, 2.75) is 0 Å². The predicted octanol–water partition coefficient (Wildman–Crippen LogP) is 3.87. The zero-order chi connectivity index (χ0) is 20.4. The van der Waals surface area contributed by atoms with Gasteiger partial charge < -0.3 is 14.4 Å². The van der Waals surface area contributed by atoms with Gasteiger partial charge in [-0.15, -0.1) is 0 Å². The molecule has 7 heteroatoms. The van der Waals surface area contributed by atoms with E-state index in [4.69, 9.17) is 11.6 Å². The summed E-state index contributed by atoms with van der Waals surface area (Å²) in [6, 6.07) is 15.1. The number of nitrogens with zero attached hydrogens (tertiary/aromatic N) is 3. The third-order valence-electron chi connectivity index (χ3n) is 5.03. The third kappa shape index (κ3) is 4.03. The standard InChI is InChI=1S/C22H19ClFN3O2/c23-20-15-17(24)5-8-19(20)22(29)27-13-11-26(12-14-27)21(28)16-3-6-18(7-4-16)25-9-1-2-10-25/h1-10,15H,11-14H2. The van der Waals surface area contributed by atoms with E-state index >= 15 is 0 Å². The second-order valence-corrected chi connectivity index (χ2v) is 7.25. The van der Waals surface area contributed by atoms with Gasteiger partial charge in [0, 0.05) is 49.8 Å². The zero-order valence-corrected chi connectivity index (χ0v) is 16.3. The van der Waals surface area contributed by atoms with Gasteiger partial charge in [0.1, 0.15) is 5.82 Å². The van der Waals surface area contributed by atoms with Crippen molar-refractivity contribution >= 4 is 23.4 Å². The maximum absolute atomic E-state index is 13.2. The quantitative estimate of drug-likeness (QED) is 0.656. The second kappa shape index (κ2) is 8.09. The van der Waals surface area contributed by atoms with Gasteiger partial charge in [0.25, 0.3) is 11.8 Å². The monoisotopic (exact) mass is 411 g/mol. The molecule has 2 aromatic carbocycles. The molecule has 1 aromatic heterocycles. The molecule has 1 fully saturated rings. The molecule has 29 heavy (non-hydrogen) atoms. The number of hydrogen-bond donors (Lipinski definition) is 0. The first-order valence-corrected chi connectivity index (χ1v) is 9.68. The molecule has 4 rings (SSSR count). The van der Waals surface area contributed by atoms with Crippen molar-refractivity contribution in [2.75, 3.05) is 26.2 Å². The van der Waals surface area contributed by atoms with Crippen molar-refractivity contribution in [2.24, 2.45) is 0 Å². The lowest BCUT2D eigenvalue weighted by Gasteiger charge is -2.35. The first-order chi connectivity index (χ1) is 14.0. The van der Waals surface area contributed by atoms with Crippen LogP contribution in [0, 0.1) is 5.82 Å². The fourth-order valence-electron chi connectivity index (χ4n) is 3.41. The number of carbonyl (C=O) groups is 2. The predicted molar refractivity (Wildman–Crippen MR) is 109 cm³/mol. The van der Waals surface area contributed by atoms with E-state index in [2.05, 4.69) is 0 Å². The normalized spacial score (nSPS) is 14.1. The Morgan fingerprint density at radius 2 is 1.41 bits per heavy atom. The van der Waals surface area contributed by atoms with Crippen LogP contribution in [-0.4, -0.2) is 52.4 Å². The summed E-state index contributed by atoms with van der Waals surface area (Å²) < 4.78 is 15.2. The highest BCUT2D eigenvalue weighted by molar-refractivity contribution is 6.33. The van der Waals surface area contributed by atoms with E-state index in [0.717, 1.165) is 11.8 Å². The summed E-state index contributed by atoms with van der Waals surface area (Å²) in [4.78, 5) is 28.8. The first kappa shape index (κ1) is 19.2. The summed E-state index contributed by atoms with van der Waals surface area (Å²) in [5.41, 5.74) is 1.87. The Labute approximate surface area is 172 Å². The molecule has 0 spiro atoms. The van der Waals surface area contributed by atoms with E-state index < -0.39 is 5.82 Å². The summed E-state index contributed by atoms with van der Waals surface area (Å²) in [7, 11) is 0. The lowest BCUT2D eigenvalue weighted by molar-refractivity contribution is 0.0535. The van der Waals surface area contributed by atoms with Gasteiger partial charge in [-0.25, -0.2) is 4.39 Å². The zero-order valence-electron chi connectivity index (χ0n) is 15.6. The van der Waals surface area contributed by atoms with E-state index in [1.165, 1.54) is 12.1 Å².